The quantitative estimate of drug-likeness (QED) is 0.705. The minimum absolute atomic E-state index is 0.105. The molecule has 1 amide bonds. The number of rotatable bonds is 8. The number of morpholine rings is 1. The van der Waals surface area contributed by atoms with Crippen molar-refractivity contribution in [2.75, 3.05) is 50.0 Å². The normalized spacial score (nSPS) is 14.6. The number of nitrogens with zero attached hydrogens (tertiary/aromatic N) is 3. The van der Waals surface area contributed by atoms with Gasteiger partial charge in [-0.05, 0) is 51.1 Å². The lowest BCUT2D eigenvalue weighted by atomic mass is 10.2. The summed E-state index contributed by atoms with van der Waals surface area (Å²) in [6.45, 7) is 10.8. The number of anilines is 2. The van der Waals surface area contributed by atoms with Crippen LogP contribution in [0.4, 0.5) is 11.6 Å². The first-order valence-corrected chi connectivity index (χ1v) is 9.97. The highest BCUT2D eigenvalue weighted by Crippen LogP contribution is 2.17. The minimum atomic E-state index is -0.274. The molecular formula is C21H29N5O3. The molecule has 2 N–H and O–H groups in total. The summed E-state index contributed by atoms with van der Waals surface area (Å²) in [4.78, 5) is 23.7. The van der Waals surface area contributed by atoms with Crippen molar-refractivity contribution in [2.45, 2.75) is 26.9 Å². The van der Waals surface area contributed by atoms with Crippen molar-refractivity contribution in [3.8, 4) is 5.75 Å². The third kappa shape index (κ3) is 6.69. The fraction of sp³-hybridized carbons (Fsp3) is 0.476. The van der Waals surface area contributed by atoms with E-state index >= 15 is 0 Å². The summed E-state index contributed by atoms with van der Waals surface area (Å²) in [5, 5.41) is 6.08. The minimum Gasteiger partial charge on any atom is -0.491 e. The first kappa shape index (κ1) is 21.0. The van der Waals surface area contributed by atoms with Gasteiger partial charge in [-0.3, -0.25) is 9.69 Å². The summed E-state index contributed by atoms with van der Waals surface area (Å²) < 4.78 is 11.0. The summed E-state index contributed by atoms with van der Waals surface area (Å²) in [6, 6.07) is 8.97. The Kier molecular flexibility index (Phi) is 7.37. The molecule has 0 radical (unpaired) electrons. The van der Waals surface area contributed by atoms with E-state index in [2.05, 4.69) is 25.5 Å². The van der Waals surface area contributed by atoms with Crippen molar-refractivity contribution < 1.29 is 14.3 Å². The van der Waals surface area contributed by atoms with Crippen molar-refractivity contribution in [3.63, 3.8) is 0 Å². The van der Waals surface area contributed by atoms with Crippen molar-refractivity contribution >= 4 is 17.5 Å². The molecule has 1 saturated heterocycles. The predicted octanol–water partition coefficient (Wildman–Crippen LogP) is 2.57. The largest absolute Gasteiger partial charge is 0.491 e. The highest BCUT2D eigenvalue weighted by Gasteiger charge is 2.13. The maximum atomic E-state index is 12.6. The monoisotopic (exact) mass is 399 g/mol. The summed E-state index contributed by atoms with van der Waals surface area (Å²) in [6.07, 6.45) is 0.105. The van der Waals surface area contributed by atoms with E-state index in [0.29, 0.717) is 23.9 Å². The first-order valence-electron chi connectivity index (χ1n) is 9.97. The number of amides is 1. The van der Waals surface area contributed by atoms with E-state index < -0.39 is 0 Å². The fourth-order valence-electron chi connectivity index (χ4n) is 3.00. The van der Waals surface area contributed by atoms with Gasteiger partial charge in [0.25, 0.3) is 5.91 Å². The maximum Gasteiger partial charge on any atom is 0.274 e. The van der Waals surface area contributed by atoms with Gasteiger partial charge in [0.1, 0.15) is 11.4 Å². The number of benzene rings is 1. The van der Waals surface area contributed by atoms with Crippen LogP contribution < -0.4 is 15.4 Å². The van der Waals surface area contributed by atoms with Gasteiger partial charge in [0.05, 0.1) is 19.3 Å². The zero-order chi connectivity index (χ0) is 20.6. The SMILES string of the molecule is Cc1cc(C(=O)Nc2ccc(OC(C)C)cc2)nc(NCCN2CCOCC2)n1. The number of carbonyl (C=O) groups excluding carboxylic acids is 1. The molecule has 1 aliphatic heterocycles. The number of aromatic nitrogens is 2. The van der Waals surface area contributed by atoms with Crippen LogP contribution >= 0.6 is 0 Å². The van der Waals surface area contributed by atoms with Crippen molar-refractivity contribution in [3.05, 3.63) is 41.7 Å². The van der Waals surface area contributed by atoms with Crippen LogP contribution in [0.2, 0.25) is 0 Å². The third-order valence-corrected chi connectivity index (χ3v) is 4.39. The lowest BCUT2D eigenvalue weighted by Crippen LogP contribution is -2.39. The highest BCUT2D eigenvalue weighted by atomic mass is 16.5. The Bertz CT molecular complexity index is 804. The van der Waals surface area contributed by atoms with Gasteiger partial charge in [0.15, 0.2) is 0 Å². The van der Waals surface area contributed by atoms with Crippen LogP contribution in [0, 0.1) is 6.92 Å². The van der Waals surface area contributed by atoms with Crippen molar-refractivity contribution in [1.29, 1.82) is 0 Å². The Balaban J connectivity index is 1.57. The molecule has 0 bridgehead atoms. The van der Waals surface area contributed by atoms with E-state index in [0.717, 1.165) is 44.3 Å². The van der Waals surface area contributed by atoms with Gasteiger partial charge in [-0.25, -0.2) is 9.97 Å². The van der Waals surface area contributed by atoms with E-state index in [1.165, 1.54) is 0 Å². The lowest BCUT2D eigenvalue weighted by Gasteiger charge is -2.26. The summed E-state index contributed by atoms with van der Waals surface area (Å²) >= 11 is 0. The molecule has 2 heterocycles. The molecule has 0 atom stereocenters. The Hall–Kier alpha value is -2.71. The Labute approximate surface area is 171 Å². The number of hydrogen-bond acceptors (Lipinski definition) is 7. The number of carbonyl (C=O) groups is 1. The van der Waals surface area contributed by atoms with Crippen LogP contribution in [-0.2, 0) is 4.74 Å². The summed E-state index contributed by atoms with van der Waals surface area (Å²) in [5.41, 5.74) is 1.75. The first-order chi connectivity index (χ1) is 14.0. The van der Waals surface area contributed by atoms with Gasteiger partial charge >= 0.3 is 0 Å². The zero-order valence-corrected chi connectivity index (χ0v) is 17.3. The number of hydrogen-bond donors (Lipinski definition) is 2. The second-order valence-corrected chi connectivity index (χ2v) is 7.24. The van der Waals surface area contributed by atoms with Gasteiger partial charge in [-0.1, -0.05) is 0 Å². The molecule has 8 nitrogen and oxygen atoms in total. The van der Waals surface area contributed by atoms with Crippen LogP contribution in [0.5, 0.6) is 5.75 Å². The van der Waals surface area contributed by atoms with Gasteiger partial charge in [0.2, 0.25) is 5.95 Å². The van der Waals surface area contributed by atoms with E-state index in [-0.39, 0.29) is 12.0 Å². The number of ether oxygens (including phenoxy) is 2. The second kappa shape index (κ2) is 10.2. The molecule has 0 aliphatic carbocycles. The van der Waals surface area contributed by atoms with Gasteiger partial charge < -0.3 is 20.1 Å². The predicted molar refractivity (Wildman–Crippen MR) is 113 cm³/mol. The molecule has 1 aromatic heterocycles. The Morgan fingerprint density at radius 2 is 1.93 bits per heavy atom. The zero-order valence-electron chi connectivity index (χ0n) is 17.3. The maximum absolute atomic E-state index is 12.6. The molecule has 1 aromatic carbocycles. The number of aryl methyl sites for hydroxylation is 1. The fourth-order valence-corrected chi connectivity index (χ4v) is 3.00. The van der Waals surface area contributed by atoms with E-state index in [1.54, 1.807) is 6.07 Å². The molecular weight excluding hydrogens is 370 g/mol. The van der Waals surface area contributed by atoms with E-state index in [1.807, 2.05) is 45.0 Å². The molecule has 0 unspecified atom stereocenters. The van der Waals surface area contributed by atoms with E-state index in [9.17, 15) is 4.79 Å². The Morgan fingerprint density at radius 3 is 2.62 bits per heavy atom. The summed E-state index contributed by atoms with van der Waals surface area (Å²) in [7, 11) is 0. The molecule has 2 aromatic rings. The molecule has 156 valence electrons. The smallest absolute Gasteiger partial charge is 0.274 e. The molecule has 0 saturated carbocycles. The van der Waals surface area contributed by atoms with Crippen LogP contribution in [0.3, 0.4) is 0 Å². The highest BCUT2D eigenvalue weighted by molar-refractivity contribution is 6.03. The van der Waals surface area contributed by atoms with Crippen LogP contribution in [0.1, 0.15) is 30.0 Å². The van der Waals surface area contributed by atoms with Crippen molar-refractivity contribution in [1.82, 2.24) is 14.9 Å². The van der Waals surface area contributed by atoms with Crippen LogP contribution in [-0.4, -0.2) is 66.3 Å². The van der Waals surface area contributed by atoms with Crippen molar-refractivity contribution in [2.24, 2.45) is 0 Å². The van der Waals surface area contributed by atoms with E-state index in [4.69, 9.17) is 9.47 Å². The van der Waals surface area contributed by atoms with Crippen LogP contribution in [0.15, 0.2) is 30.3 Å². The Morgan fingerprint density at radius 1 is 1.21 bits per heavy atom. The molecule has 1 fully saturated rings. The average Bonchev–Trinajstić information content (AvgIpc) is 2.69. The average molecular weight is 399 g/mol. The number of nitrogens with one attached hydrogen (secondary N) is 2. The molecule has 8 heteroatoms. The second-order valence-electron chi connectivity index (χ2n) is 7.24. The lowest BCUT2D eigenvalue weighted by molar-refractivity contribution is 0.0398. The molecule has 29 heavy (non-hydrogen) atoms. The van der Waals surface area contributed by atoms with Gasteiger partial charge in [-0.15, -0.1) is 0 Å². The van der Waals surface area contributed by atoms with Gasteiger partial charge in [-0.2, -0.15) is 0 Å². The standard InChI is InChI=1S/C21H29N5O3/c1-15(2)29-18-6-4-17(5-7-18)24-20(27)19-14-16(3)23-21(25-19)22-8-9-26-10-12-28-13-11-26/h4-7,14-15H,8-13H2,1-3H3,(H,24,27)(H,22,23,25). The molecule has 0 spiro atoms. The third-order valence-electron chi connectivity index (χ3n) is 4.39. The topological polar surface area (TPSA) is 88.6 Å². The van der Waals surface area contributed by atoms with Gasteiger partial charge in [0, 0.05) is 37.6 Å². The molecule has 1 aliphatic rings. The van der Waals surface area contributed by atoms with Crippen LogP contribution in [0.25, 0.3) is 0 Å². The molecule has 3 rings (SSSR count). The summed E-state index contributed by atoms with van der Waals surface area (Å²) in [5.74, 6) is 0.955.